The van der Waals surface area contributed by atoms with Crippen molar-refractivity contribution in [1.29, 1.82) is 0 Å². The molecular formula is C16H25NO2. The van der Waals surface area contributed by atoms with Crippen molar-refractivity contribution in [3.05, 3.63) is 35.4 Å². The highest BCUT2D eigenvalue weighted by Gasteiger charge is 2.14. The van der Waals surface area contributed by atoms with Gasteiger partial charge in [0.15, 0.2) is 5.78 Å². The van der Waals surface area contributed by atoms with E-state index in [0.29, 0.717) is 19.1 Å². The smallest absolute Gasteiger partial charge is 0.164 e. The van der Waals surface area contributed by atoms with E-state index in [1.807, 2.05) is 31.2 Å². The monoisotopic (exact) mass is 263 g/mol. The third kappa shape index (κ3) is 5.13. The van der Waals surface area contributed by atoms with Crippen LogP contribution in [0, 0.1) is 6.92 Å². The molecule has 1 aromatic rings. The first-order chi connectivity index (χ1) is 9.08. The molecule has 3 heteroatoms. The standard InChI is InChI=1S/C16H25NO2/c1-5-17(14(3)12-19-4)11-10-16(18)15-8-6-13(2)7-9-15/h6-9,14H,5,10-12H2,1-4H3. The van der Waals surface area contributed by atoms with Gasteiger partial charge in [-0.05, 0) is 20.4 Å². The lowest BCUT2D eigenvalue weighted by Gasteiger charge is -2.26. The number of benzene rings is 1. The summed E-state index contributed by atoms with van der Waals surface area (Å²) < 4.78 is 5.16. The maximum Gasteiger partial charge on any atom is 0.164 e. The van der Waals surface area contributed by atoms with Crippen molar-refractivity contribution >= 4 is 5.78 Å². The number of ketones is 1. The van der Waals surface area contributed by atoms with Gasteiger partial charge in [0.25, 0.3) is 0 Å². The Morgan fingerprint density at radius 1 is 1.32 bits per heavy atom. The number of nitrogens with zero attached hydrogens (tertiary/aromatic N) is 1. The van der Waals surface area contributed by atoms with Crippen molar-refractivity contribution in [2.24, 2.45) is 0 Å². The number of carbonyl (C=O) groups excluding carboxylic acids is 1. The lowest BCUT2D eigenvalue weighted by atomic mass is 10.1. The molecule has 3 nitrogen and oxygen atoms in total. The minimum atomic E-state index is 0.211. The fourth-order valence-corrected chi connectivity index (χ4v) is 2.17. The number of Topliss-reactive ketones (excluding diaryl/α,β-unsaturated/α-hetero) is 1. The first-order valence-electron chi connectivity index (χ1n) is 6.91. The number of ether oxygens (including phenoxy) is 1. The Morgan fingerprint density at radius 3 is 2.47 bits per heavy atom. The van der Waals surface area contributed by atoms with Gasteiger partial charge in [-0.2, -0.15) is 0 Å². The second kappa shape index (κ2) is 8.08. The van der Waals surface area contributed by atoms with E-state index in [1.54, 1.807) is 7.11 Å². The maximum absolute atomic E-state index is 12.1. The number of hydrogen-bond acceptors (Lipinski definition) is 3. The second-order valence-corrected chi connectivity index (χ2v) is 4.97. The van der Waals surface area contributed by atoms with Crippen molar-refractivity contribution in [2.45, 2.75) is 33.2 Å². The average Bonchev–Trinajstić information content (AvgIpc) is 2.40. The zero-order chi connectivity index (χ0) is 14.3. The van der Waals surface area contributed by atoms with E-state index < -0.39 is 0 Å². The first-order valence-corrected chi connectivity index (χ1v) is 6.91. The molecule has 0 aromatic heterocycles. The van der Waals surface area contributed by atoms with Gasteiger partial charge in [-0.3, -0.25) is 9.69 Å². The predicted octanol–water partition coefficient (Wildman–Crippen LogP) is 2.92. The molecule has 0 amide bonds. The summed E-state index contributed by atoms with van der Waals surface area (Å²) in [7, 11) is 1.71. The van der Waals surface area contributed by atoms with E-state index in [2.05, 4.69) is 18.7 Å². The van der Waals surface area contributed by atoms with Crippen LogP contribution >= 0.6 is 0 Å². The number of likely N-dealkylation sites (N-methyl/N-ethyl adjacent to an activating group) is 1. The Balaban J connectivity index is 2.50. The summed E-state index contributed by atoms with van der Waals surface area (Å²) in [5, 5.41) is 0. The molecule has 0 radical (unpaired) electrons. The summed E-state index contributed by atoms with van der Waals surface area (Å²) in [6.45, 7) is 8.69. The Hall–Kier alpha value is -1.19. The third-order valence-corrected chi connectivity index (χ3v) is 3.44. The van der Waals surface area contributed by atoms with Gasteiger partial charge >= 0.3 is 0 Å². The van der Waals surface area contributed by atoms with Crippen molar-refractivity contribution in [1.82, 2.24) is 4.90 Å². The fourth-order valence-electron chi connectivity index (χ4n) is 2.17. The summed E-state index contributed by atoms with van der Waals surface area (Å²) in [5.41, 5.74) is 1.99. The molecule has 106 valence electrons. The Kier molecular flexibility index (Phi) is 6.74. The van der Waals surface area contributed by atoms with Crippen LogP contribution in [-0.2, 0) is 4.74 Å². The van der Waals surface area contributed by atoms with Crippen LogP contribution < -0.4 is 0 Å². The Bertz CT molecular complexity index is 386. The summed E-state index contributed by atoms with van der Waals surface area (Å²) in [5.74, 6) is 0.211. The van der Waals surface area contributed by atoms with E-state index in [0.717, 1.165) is 18.7 Å². The Morgan fingerprint density at radius 2 is 1.95 bits per heavy atom. The van der Waals surface area contributed by atoms with Gasteiger partial charge < -0.3 is 4.74 Å². The summed E-state index contributed by atoms with van der Waals surface area (Å²) in [6.07, 6.45) is 0.560. The van der Waals surface area contributed by atoms with E-state index in [4.69, 9.17) is 4.74 Å². The molecule has 1 rings (SSSR count). The molecule has 1 atom stereocenters. The topological polar surface area (TPSA) is 29.5 Å². The van der Waals surface area contributed by atoms with Crippen LogP contribution in [0.3, 0.4) is 0 Å². The van der Waals surface area contributed by atoms with E-state index in [9.17, 15) is 4.79 Å². The van der Waals surface area contributed by atoms with Crippen molar-refractivity contribution in [3.63, 3.8) is 0 Å². The Labute approximate surface area is 116 Å². The lowest BCUT2D eigenvalue weighted by molar-refractivity contribution is 0.0873. The van der Waals surface area contributed by atoms with Crippen molar-refractivity contribution in [2.75, 3.05) is 26.8 Å². The zero-order valence-electron chi connectivity index (χ0n) is 12.5. The van der Waals surface area contributed by atoms with E-state index in [-0.39, 0.29) is 5.78 Å². The largest absolute Gasteiger partial charge is 0.383 e. The van der Waals surface area contributed by atoms with Crippen LogP contribution in [-0.4, -0.2) is 43.5 Å². The lowest BCUT2D eigenvalue weighted by Crippen LogP contribution is -2.37. The highest BCUT2D eigenvalue weighted by Crippen LogP contribution is 2.08. The fraction of sp³-hybridized carbons (Fsp3) is 0.562. The van der Waals surface area contributed by atoms with Crippen LogP contribution in [0.15, 0.2) is 24.3 Å². The van der Waals surface area contributed by atoms with Gasteiger partial charge in [-0.25, -0.2) is 0 Å². The first kappa shape index (κ1) is 15.9. The van der Waals surface area contributed by atoms with E-state index >= 15 is 0 Å². The minimum absolute atomic E-state index is 0.211. The molecule has 1 unspecified atom stereocenters. The molecule has 0 aliphatic rings. The van der Waals surface area contributed by atoms with Gasteiger partial charge in [-0.15, -0.1) is 0 Å². The van der Waals surface area contributed by atoms with E-state index in [1.165, 1.54) is 5.56 Å². The van der Waals surface area contributed by atoms with Gasteiger partial charge in [0.05, 0.1) is 6.61 Å². The molecule has 0 saturated heterocycles. The molecule has 0 aliphatic heterocycles. The quantitative estimate of drug-likeness (QED) is 0.675. The summed E-state index contributed by atoms with van der Waals surface area (Å²) in [6, 6.07) is 8.14. The number of aryl methyl sites for hydroxylation is 1. The number of carbonyl (C=O) groups is 1. The molecule has 0 saturated carbocycles. The highest BCUT2D eigenvalue weighted by atomic mass is 16.5. The third-order valence-electron chi connectivity index (χ3n) is 3.44. The molecule has 0 spiro atoms. The number of hydrogen-bond donors (Lipinski definition) is 0. The highest BCUT2D eigenvalue weighted by molar-refractivity contribution is 5.96. The molecule has 0 bridgehead atoms. The molecular weight excluding hydrogens is 238 g/mol. The second-order valence-electron chi connectivity index (χ2n) is 4.97. The van der Waals surface area contributed by atoms with Gasteiger partial charge in [0.1, 0.15) is 0 Å². The summed E-state index contributed by atoms with van der Waals surface area (Å²) in [4.78, 5) is 14.4. The average molecular weight is 263 g/mol. The van der Waals surface area contributed by atoms with Crippen molar-refractivity contribution < 1.29 is 9.53 Å². The van der Waals surface area contributed by atoms with Gasteiger partial charge in [0, 0.05) is 31.7 Å². The SMILES string of the molecule is CCN(CCC(=O)c1ccc(C)cc1)C(C)COC. The van der Waals surface area contributed by atoms with Gasteiger partial charge in [-0.1, -0.05) is 36.8 Å². The predicted molar refractivity (Wildman–Crippen MR) is 78.7 cm³/mol. The molecule has 19 heavy (non-hydrogen) atoms. The molecule has 1 aromatic carbocycles. The van der Waals surface area contributed by atoms with Crippen LogP contribution in [0.25, 0.3) is 0 Å². The number of rotatable bonds is 8. The molecule has 0 fully saturated rings. The zero-order valence-corrected chi connectivity index (χ0v) is 12.5. The van der Waals surface area contributed by atoms with Gasteiger partial charge in [0.2, 0.25) is 0 Å². The summed E-state index contributed by atoms with van der Waals surface area (Å²) >= 11 is 0. The van der Waals surface area contributed by atoms with Crippen LogP contribution in [0.1, 0.15) is 36.2 Å². The van der Waals surface area contributed by atoms with Crippen LogP contribution in [0.4, 0.5) is 0 Å². The minimum Gasteiger partial charge on any atom is -0.383 e. The molecule has 0 heterocycles. The molecule has 0 aliphatic carbocycles. The van der Waals surface area contributed by atoms with Crippen LogP contribution in [0.5, 0.6) is 0 Å². The van der Waals surface area contributed by atoms with Crippen molar-refractivity contribution in [3.8, 4) is 0 Å². The number of methoxy groups -OCH3 is 1. The normalized spacial score (nSPS) is 12.7. The van der Waals surface area contributed by atoms with Crippen LogP contribution in [0.2, 0.25) is 0 Å². The maximum atomic E-state index is 12.1. The molecule has 0 N–H and O–H groups in total.